The number of rotatable bonds is 4. The Morgan fingerprint density at radius 2 is 1.83 bits per heavy atom. The second kappa shape index (κ2) is 5.45. The highest BCUT2D eigenvalue weighted by Gasteiger charge is 2.01. The van der Waals surface area contributed by atoms with E-state index in [9.17, 15) is 4.79 Å². The Labute approximate surface area is 106 Å². The molecule has 18 heavy (non-hydrogen) atoms. The zero-order valence-electron chi connectivity index (χ0n) is 10.5. The average molecular weight is 241 g/mol. The summed E-state index contributed by atoms with van der Waals surface area (Å²) in [7, 11) is 0. The van der Waals surface area contributed by atoms with Gasteiger partial charge in [0.1, 0.15) is 5.75 Å². The number of nitrogens with zero attached hydrogens (tertiary/aromatic N) is 1. The first kappa shape index (κ1) is 12.3. The van der Waals surface area contributed by atoms with Crippen LogP contribution in [-0.2, 0) is 0 Å². The van der Waals surface area contributed by atoms with Crippen molar-refractivity contribution in [1.29, 1.82) is 0 Å². The van der Waals surface area contributed by atoms with Gasteiger partial charge in [0, 0.05) is 23.5 Å². The molecule has 0 aliphatic heterocycles. The van der Waals surface area contributed by atoms with Crippen molar-refractivity contribution in [2.75, 3.05) is 0 Å². The lowest BCUT2D eigenvalue weighted by Gasteiger charge is -2.10. The summed E-state index contributed by atoms with van der Waals surface area (Å²) in [5.41, 5.74) is 2.52. The van der Waals surface area contributed by atoms with Gasteiger partial charge in [0.25, 0.3) is 0 Å². The molecular weight excluding hydrogens is 226 g/mol. The summed E-state index contributed by atoms with van der Waals surface area (Å²) in [6, 6.07) is 9.58. The second-order valence-electron chi connectivity index (χ2n) is 4.32. The number of aldehydes is 1. The zero-order chi connectivity index (χ0) is 13.0. The molecule has 0 aliphatic rings. The van der Waals surface area contributed by atoms with E-state index in [1.807, 2.05) is 44.2 Å². The van der Waals surface area contributed by atoms with Crippen molar-refractivity contribution in [3.05, 3.63) is 48.3 Å². The molecule has 3 heteroatoms. The van der Waals surface area contributed by atoms with Crippen LogP contribution in [0.15, 0.2) is 42.7 Å². The molecule has 0 spiro atoms. The summed E-state index contributed by atoms with van der Waals surface area (Å²) in [5, 5.41) is 0. The number of pyridine rings is 1. The third kappa shape index (κ3) is 2.94. The molecule has 0 N–H and O–H groups in total. The van der Waals surface area contributed by atoms with Gasteiger partial charge in [-0.25, -0.2) is 0 Å². The molecule has 1 aromatic carbocycles. The first-order chi connectivity index (χ1) is 8.69. The minimum Gasteiger partial charge on any atom is -0.491 e. The maximum absolute atomic E-state index is 10.7. The zero-order valence-corrected chi connectivity index (χ0v) is 10.5. The first-order valence-electron chi connectivity index (χ1n) is 5.86. The van der Waals surface area contributed by atoms with Gasteiger partial charge in [-0.15, -0.1) is 0 Å². The van der Waals surface area contributed by atoms with E-state index in [1.165, 1.54) is 0 Å². The minimum atomic E-state index is 0.163. The third-order valence-corrected chi connectivity index (χ3v) is 2.45. The van der Waals surface area contributed by atoms with Crippen LogP contribution in [0.25, 0.3) is 11.1 Å². The molecule has 0 radical (unpaired) electrons. The van der Waals surface area contributed by atoms with Crippen LogP contribution in [0.1, 0.15) is 24.2 Å². The minimum absolute atomic E-state index is 0.163. The van der Waals surface area contributed by atoms with E-state index in [2.05, 4.69) is 4.98 Å². The molecule has 0 fully saturated rings. The van der Waals surface area contributed by atoms with Crippen molar-refractivity contribution < 1.29 is 9.53 Å². The fourth-order valence-corrected chi connectivity index (χ4v) is 1.68. The molecule has 3 nitrogen and oxygen atoms in total. The normalized spacial score (nSPS) is 10.4. The van der Waals surface area contributed by atoms with E-state index >= 15 is 0 Å². The first-order valence-corrected chi connectivity index (χ1v) is 5.86. The molecular formula is C15H15NO2. The summed E-state index contributed by atoms with van der Waals surface area (Å²) in [6.45, 7) is 3.98. The van der Waals surface area contributed by atoms with Gasteiger partial charge < -0.3 is 4.74 Å². The smallest absolute Gasteiger partial charge is 0.151 e. The van der Waals surface area contributed by atoms with Gasteiger partial charge in [0.15, 0.2) is 6.29 Å². The summed E-state index contributed by atoms with van der Waals surface area (Å²) >= 11 is 0. The predicted octanol–water partition coefficient (Wildman–Crippen LogP) is 3.35. The molecule has 0 bridgehead atoms. The SMILES string of the molecule is CC(C)Oc1ccc(-c2cncc(C=O)c2)cc1. The lowest BCUT2D eigenvalue weighted by molar-refractivity contribution is 0.112. The van der Waals surface area contributed by atoms with Crippen molar-refractivity contribution in [3.63, 3.8) is 0 Å². The van der Waals surface area contributed by atoms with E-state index in [0.717, 1.165) is 23.2 Å². The fraction of sp³-hybridized carbons (Fsp3) is 0.200. The lowest BCUT2D eigenvalue weighted by atomic mass is 10.1. The maximum atomic E-state index is 10.7. The Morgan fingerprint density at radius 3 is 2.44 bits per heavy atom. The van der Waals surface area contributed by atoms with Crippen molar-refractivity contribution in [3.8, 4) is 16.9 Å². The van der Waals surface area contributed by atoms with Crippen LogP contribution in [0, 0.1) is 0 Å². The van der Waals surface area contributed by atoms with E-state index < -0.39 is 0 Å². The standard InChI is InChI=1S/C15H15NO2/c1-11(2)18-15-5-3-13(4-6-15)14-7-12(10-17)8-16-9-14/h3-11H,1-2H3. The molecule has 2 aromatic rings. The summed E-state index contributed by atoms with van der Waals surface area (Å²) in [4.78, 5) is 14.7. The van der Waals surface area contributed by atoms with Crippen molar-refractivity contribution >= 4 is 6.29 Å². The van der Waals surface area contributed by atoms with Gasteiger partial charge in [-0.3, -0.25) is 9.78 Å². The van der Waals surface area contributed by atoms with Crippen LogP contribution in [-0.4, -0.2) is 17.4 Å². The van der Waals surface area contributed by atoms with Crippen molar-refractivity contribution in [2.24, 2.45) is 0 Å². The Morgan fingerprint density at radius 1 is 1.11 bits per heavy atom. The number of aromatic nitrogens is 1. The van der Waals surface area contributed by atoms with Crippen LogP contribution in [0.5, 0.6) is 5.75 Å². The van der Waals surface area contributed by atoms with Gasteiger partial charge in [-0.1, -0.05) is 12.1 Å². The largest absolute Gasteiger partial charge is 0.491 e. The topological polar surface area (TPSA) is 39.2 Å². The van der Waals surface area contributed by atoms with Gasteiger partial charge in [0.2, 0.25) is 0 Å². The Balaban J connectivity index is 2.25. The van der Waals surface area contributed by atoms with Gasteiger partial charge in [-0.2, -0.15) is 0 Å². The lowest BCUT2D eigenvalue weighted by Crippen LogP contribution is -2.05. The third-order valence-electron chi connectivity index (χ3n) is 2.45. The molecule has 0 aliphatic carbocycles. The maximum Gasteiger partial charge on any atom is 0.151 e. The monoisotopic (exact) mass is 241 g/mol. The Kier molecular flexibility index (Phi) is 3.72. The molecule has 0 atom stereocenters. The molecule has 0 saturated carbocycles. The number of carbonyl (C=O) groups is 1. The van der Waals surface area contributed by atoms with E-state index in [-0.39, 0.29) is 6.10 Å². The van der Waals surface area contributed by atoms with Crippen LogP contribution >= 0.6 is 0 Å². The van der Waals surface area contributed by atoms with E-state index in [4.69, 9.17) is 4.74 Å². The highest BCUT2D eigenvalue weighted by Crippen LogP contribution is 2.22. The average Bonchev–Trinajstić information content (AvgIpc) is 2.39. The van der Waals surface area contributed by atoms with Crippen LogP contribution < -0.4 is 4.74 Å². The summed E-state index contributed by atoms with van der Waals surface area (Å²) < 4.78 is 5.58. The van der Waals surface area contributed by atoms with Crippen LogP contribution in [0.2, 0.25) is 0 Å². The Bertz CT molecular complexity index is 532. The number of ether oxygens (including phenoxy) is 1. The second-order valence-corrected chi connectivity index (χ2v) is 4.32. The number of hydrogen-bond donors (Lipinski definition) is 0. The van der Waals surface area contributed by atoms with E-state index in [1.54, 1.807) is 12.4 Å². The fourth-order valence-electron chi connectivity index (χ4n) is 1.68. The molecule has 0 saturated heterocycles. The molecule has 0 unspecified atom stereocenters. The highest BCUT2D eigenvalue weighted by molar-refractivity contribution is 5.77. The molecule has 1 heterocycles. The van der Waals surface area contributed by atoms with Crippen LogP contribution in [0.3, 0.4) is 0 Å². The number of carbonyl (C=O) groups excluding carboxylic acids is 1. The Hall–Kier alpha value is -2.16. The predicted molar refractivity (Wildman–Crippen MR) is 70.8 cm³/mol. The van der Waals surface area contributed by atoms with E-state index in [0.29, 0.717) is 5.56 Å². The summed E-state index contributed by atoms with van der Waals surface area (Å²) in [6.07, 6.45) is 4.25. The molecule has 92 valence electrons. The van der Waals surface area contributed by atoms with Crippen molar-refractivity contribution in [1.82, 2.24) is 4.98 Å². The highest BCUT2D eigenvalue weighted by atomic mass is 16.5. The molecule has 1 aromatic heterocycles. The summed E-state index contributed by atoms with van der Waals surface area (Å²) in [5.74, 6) is 0.841. The van der Waals surface area contributed by atoms with Crippen molar-refractivity contribution in [2.45, 2.75) is 20.0 Å². The quantitative estimate of drug-likeness (QED) is 0.770. The molecule has 0 amide bonds. The number of hydrogen-bond acceptors (Lipinski definition) is 3. The number of benzene rings is 1. The van der Waals surface area contributed by atoms with Crippen LogP contribution in [0.4, 0.5) is 0 Å². The molecule has 2 rings (SSSR count). The van der Waals surface area contributed by atoms with Gasteiger partial charge in [-0.05, 0) is 37.6 Å². The van der Waals surface area contributed by atoms with Gasteiger partial charge in [0.05, 0.1) is 6.10 Å². The van der Waals surface area contributed by atoms with Gasteiger partial charge >= 0.3 is 0 Å².